The number of carboxylic acids is 1. The van der Waals surface area contributed by atoms with Crippen LogP contribution in [0.3, 0.4) is 0 Å². The van der Waals surface area contributed by atoms with E-state index in [1.54, 1.807) is 0 Å². The van der Waals surface area contributed by atoms with E-state index in [0.29, 0.717) is 5.56 Å². The van der Waals surface area contributed by atoms with Crippen LogP contribution < -0.4 is 0 Å². The summed E-state index contributed by atoms with van der Waals surface area (Å²) in [5.41, 5.74) is 2.44. The van der Waals surface area contributed by atoms with Crippen LogP contribution in [0.5, 0.6) is 11.5 Å². The molecule has 0 saturated heterocycles. The largest absolute Gasteiger partial charge is 0.507 e. The van der Waals surface area contributed by atoms with Gasteiger partial charge in [-0.1, -0.05) is 23.8 Å². The number of carbonyl (C=O) groups is 1. The van der Waals surface area contributed by atoms with E-state index >= 15 is 0 Å². The fraction of sp³-hybridized carbons (Fsp3) is 0.353. The maximum Gasteiger partial charge on any atom is 0.335 e. The molecule has 1 aliphatic carbocycles. The number of phenols is 2. The normalized spacial score (nSPS) is 21.7. The summed E-state index contributed by atoms with van der Waals surface area (Å²) in [6.07, 6.45) is 3.89. The Morgan fingerprint density at radius 2 is 1.86 bits per heavy atom. The molecule has 2 atom stereocenters. The van der Waals surface area contributed by atoms with Crippen molar-refractivity contribution >= 4 is 5.97 Å². The minimum atomic E-state index is -1.18. The second-order valence-corrected chi connectivity index (χ2v) is 5.76. The maximum absolute atomic E-state index is 11.0. The summed E-state index contributed by atoms with van der Waals surface area (Å²) in [5, 5.41) is 29.3. The molecule has 0 spiro atoms. The van der Waals surface area contributed by atoms with Gasteiger partial charge in [0.2, 0.25) is 0 Å². The Kier molecular flexibility index (Phi) is 4.07. The van der Waals surface area contributed by atoms with Crippen LogP contribution in [0.25, 0.3) is 0 Å². The number of phenolic OH excluding ortho intramolecular Hbond substituents is 2. The summed E-state index contributed by atoms with van der Waals surface area (Å²) in [7, 11) is 0. The molecule has 0 unspecified atom stereocenters. The van der Waals surface area contributed by atoms with Crippen molar-refractivity contribution in [3.05, 3.63) is 47.1 Å². The van der Waals surface area contributed by atoms with Crippen LogP contribution in [0.1, 0.15) is 48.5 Å². The van der Waals surface area contributed by atoms with Gasteiger partial charge in [0.25, 0.3) is 0 Å². The predicted octanol–water partition coefficient (Wildman–Crippen LogP) is 3.81. The summed E-state index contributed by atoms with van der Waals surface area (Å²) >= 11 is 0. The second-order valence-electron chi connectivity index (χ2n) is 5.76. The zero-order valence-corrected chi connectivity index (χ0v) is 12.3. The first-order chi connectivity index (χ1) is 9.81. The molecule has 2 rings (SSSR count). The van der Waals surface area contributed by atoms with E-state index in [2.05, 4.69) is 6.58 Å². The highest BCUT2D eigenvalue weighted by atomic mass is 16.4. The molecule has 4 nitrogen and oxygen atoms in total. The van der Waals surface area contributed by atoms with E-state index in [0.717, 1.165) is 18.4 Å². The Morgan fingerprint density at radius 1 is 1.29 bits per heavy atom. The molecule has 4 heteroatoms. The highest BCUT2D eigenvalue weighted by Crippen LogP contribution is 2.46. The van der Waals surface area contributed by atoms with E-state index < -0.39 is 5.97 Å². The summed E-state index contributed by atoms with van der Waals surface area (Å²) < 4.78 is 0. The molecule has 0 fully saturated rings. The molecule has 1 aromatic carbocycles. The highest BCUT2D eigenvalue weighted by Gasteiger charge is 2.30. The third-order valence-corrected chi connectivity index (χ3v) is 4.10. The Balaban J connectivity index is 2.55. The molecule has 3 N–H and O–H groups in total. The molecular formula is C17H20O4. The van der Waals surface area contributed by atoms with Crippen molar-refractivity contribution in [3.8, 4) is 11.5 Å². The van der Waals surface area contributed by atoms with Gasteiger partial charge in [0.15, 0.2) is 0 Å². The van der Waals surface area contributed by atoms with Gasteiger partial charge in [-0.15, -0.1) is 0 Å². The molecule has 0 amide bonds. The lowest BCUT2D eigenvalue weighted by Gasteiger charge is -2.31. The molecule has 21 heavy (non-hydrogen) atoms. The average molecular weight is 288 g/mol. The zero-order chi connectivity index (χ0) is 15.7. The third-order valence-electron chi connectivity index (χ3n) is 4.10. The number of benzene rings is 1. The topological polar surface area (TPSA) is 77.8 Å². The molecule has 0 radical (unpaired) electrons. The Morgan fingerprint density at radius 3 is 2.33 bits per heavy atom. The van der Waals surface area contributed by atoms with Crippen LogP contribution >= 0.6 is 0 Å². The molecule has 0 bridgehead atoms. The molecule has 112 valence electrons. The van der Waals surface area contributed by atoms with Gasteiger partial charge in [0.1, 0.15) is 11.5 Å². The summed E-state index contributed by atoms with van der Waals surface area (Å²) in [4.78, 5) is 11.0. The van der Waals surface area contributed by atoms with Crippen molar-refractivity contribution in [1.82, 2.24) is 0 Å². The van der Waals surface area contributed by atoms with E-state index in [1.165, 1.54) is 17.7 Å². The van der Waals surface area contributed by atoms with Crippen LogP contribution in [0.2, 0.25) is 0 Å². The van der Waals surface area contributed by atoms with Crippen LogP contribution in [-0.2, 0) is 0 Å². The van der Waals surface area contributed by atoms with Gasteiger partial charge in [-0.2, -0.15) is 0 Å². The minimum Gasteiger partial charge on any atom is -0.507 e. The SMILES string of the molecule is C=C(C)[C@@H]1CCC(C)=C[C@H]1c1c(O)cc(C(=O)O)cc1O. The quantitative estimate of drug-likeness (QED) is 0.739. The first-order valence-corrected chi connectivity index (χ1v) is 6.93. The van der Waals surface area contributed by atoms with Crippen LogP contribution in [0, 0.1) is 5.92 Å². The van der Waals surface area contributed by atoms with Crippen molar-refractivity contribution in [3.63, 3.8) is 0 Å². The first kappa shape index (κ1) is 15.2. The van der Waals surface area contributed by atoms with Gasteiger partial charge in [0.05, 0.1) is 5.56 Å². The average Bonchev–Trinajstić information content (AvgIpc) is 2.37. The number of aromatic carboxylic acids is 1. The standard InChI is InChI=1S/C17H20O4/c1-9(2)12-5-4-10(3)6-13(12)16-14(18)7-11(17(20)21)8-15(16)19/h6-8,12-13,18-19H,1,4-5H2,2-3H3,(H,20,21)/t12-,13+/m0/s1. The Hall–Kier alpha value is -2.23. The van der Waals surface area contributed by atoms with E-state index in [-0.39, 0.29) is 28.9 Å². The number of hydrogen-bond donors (Lipinski definition) is 3. The Labute approximate surface area is 124 Å². The van der Waals surface area contributed by atoms with Crippen LogP contribution in [-0.4, -0.2) is 21.3 Å². The van der Waals surface area contributed by atoms with Gasteiger partial charge in [-0.05, 0) is 44.7 Å². The molecule has 0 aromatic heterocycles. The van der Waals surface area contributed by atoms with Gasteiger partial charge in [-0.25, -0.2) is 4.79 Å². The van der Waals surface area contributed by atoms with E-state index in [4.69, 9.17) is 5.11 Å². The summed E-state index contributed by atoms with van der Waals surface area (Å²) in [6, 6.07) is 2.37. The van der Waals surface area contributed by atoms with Gasteiger partial charge in [0, 0.05) is 11.5 Å². The zero-order valence-electron chi connectivity index (χ0n) is 12.3. The smallest absolute Gasteiger partial charge is 0.335 e. The molecule has 1 aliphatic rings. The molecule has 0 aliphatic heterocycles. The van der Waals surface area contributed by atoms with Crippen LogP contribution in [0.4, 0.5) is 0 Å². The monoisotopic (exact) mass is 288 g/mol. The number of aromatic hydroxyl groups is 2. The van der Waals surface area contributed by atoms with E-state index in [9.17, 15) is 15.0 Å². The third kappa shape index (κ3) is 2.94. The lowest BCUT2D eigenvalue weighted by Crippen LogP contribution is -2.17. The van der Waals surface area contributed by atoms with Crippen molar-refractivity contribution in [2.24, 2.45) is 5.92 Å². The fourth-order valence-corrected chi connectivity index (χ4v) is 2.99. The number of hydrogen-bond acceptors (Lipinski definition) is 3. The number of rotatable bonds is 3. The predicted molar refractivity (Wildman–Crippen MR) is 80.8 cm³/mol. The van der Waals surface area contributed by atoms with Gasteiger partial charge in [-0.3, -0.25) is 0 Å². The van der Waals surface area contributed by atoms with Gasteiger partial charge >= 0.3 is 5.97 Å². The van der Waals surface area contributed by atoms with Crippen molar-refractivity contribution in [2.75, 3.05) is 0 Å². The fourth-order valence-electron chi connectivity index (χ4n) is 2.99. The summed E-state index contributed by atoms with van der Waals surface area (Å²) in [6.45, 7) is 7.95. The minimum absolute atomic E-state index is 0.126. The number of carboxylic acid groups (broad SMARTS) is 1. The summed E-state index contributed by atoms with van der Waals surface area (Å²) in [5.74, 6) is -1.61. The second kappa shape index (κ2) is 5.64. The lowest BCUT2D eigenvalue weighted by atomic mass is 9.73. The van der Waals surface area contributed by atoms with E-state index in [1.807, 2.05) is 19.9 Å². The lowest BCUT2D eigenvalue weighted by molar-refractivity contribution is 0.0696. The van der Waals surface area contributed by atoms with Crippen molar-refractivity contribution in [2.45, 2.75) is 32.6 Å². The maximum atomic E-state index is 11.0. The van der Waals surface area contributed by atoms with Gasteiger partial charge < -0.3 is 15.3 Å². The highest BCUT2D eigenvalue weighted by molar-refractivity contribution is 5.89. The molecule has 1 aromatic rings. The molecule has 0 heterocycles. The first-order valence-electron chi connectivity index (χ1n) is 6.93. The van der Waals surface area contributed by atoms with Crippen molar-refractivity contribution in [1.29, 1.82) is 0 Å². The number of allylic oxidation sites excluding steroid dienone is 3. The molecule has 0 saturated carbocycles. The van der Waals surface area contributed by atoms with Crippen molar-refractivity contribution < 1.29 is 20.1 Å². The molecular weight excluding hydrogens is 268 g/mol. The van der Waals surface area contributed by atoms with Crippen LogP contribution in [0.15, 0.2) is 35.9 Å². The Bertz CT molecular complexity index is 605.